The average Bonchev–Trinajstić information content (AvgIpc) is 3.47. The van der Waals surface area contributed by atoms with Crippen LogP contribution in [0.25, 0.3) is 10.6 Å². The number of piperidine rings is 1. The Morgan fingerprint density at radius 2 is 1.97 bits per heavy atom. The molecule has 1 fully saturated rings. The fourth-order valence-corrected chi connectivity index (χ4v) is 5.17. The standard InChI is InChI=1S/C22H27N5S2/c1-23-22(26-18-10-13-27(14-11-18)20-8-5-15-28-20)24-12-9-19-16-29-21(25-19)17-6-3-2-4-7-17/h2-8,15-16,18H,9-14H2,1H3,(H2,23,24,26). The molecule has 2 aromatic heterocycles. The molecule has 1 saturated heterocycles. The van der Waals surface area contributed by atoms with Crippen LogP contribution in [0.2, 0.25) is 0 Å². The average molecular weight is 426 g/mol. The number of hydrogen-bond acceptors (Lipinski definition) is 5. The molecule has 0 unspecified atom stereocenters. The van der Waals surface area contributed by atoms with Crippen molar-refractivity contribution in [2.45, 2.75) is 25.3 Å². The van der Waals surface area contributed by atoms with Gasteiger partial charge in [0.05, 0.1) is 10.7 Å². The maximum Gasteiger partial charge on any atom is 0.191 e. The summed E-state index contributed by atoms with van der Waals surface area (Å²) in [7, 11) is 1.84. The second kappa shape index (κ2) is 9.89. The molecule has 5 nitrogen and oxygen atoms in total. The van der Waals surface area contributed by atoms with Gasteiger partial charge in [0.1, 0.15) is 5.01 Å². The van der Waals surface area contributed by atoms with Crippen LogP contribution >= 0.6 is 22.7 Å². The molecule has 1 aliphatic rings. The van der Waals surface area contributed by atoms with Gasteiger partial charge in [0, 0.05) is 50.1 Å². The van der Waals surface area contributed by atoms with Gasteiger partial charge in [-0.3, -0.25) is 4.99 Å². The van der Waals surface area contributed by atoms with E-state index in [-0.39, 0.29) is 0 Å². The lowest BCUT2D eigenvalue weighted by Gasteiger charge is -2.33. The first kappa shape index (κ1) is 19.9. The monoisotopic (exact) mass is 425 g/mol. The molecule has 0 bridgehead atoms. The summed E-state index contributed by atoms with van der Waals surface area (Å²) in [6.07, 6.45) is 3.15. The fourth-order valence-electron chi connectivity index (χ4n) is 3.53. The van der Waals surface area contributed by atoms with Gasteiger partial charge in [0.15, 0.2) is 5.96 Å². The number of aromatic nitrogens is 1. The maximum absolute atomic E-state index is 4.77. The van der Waals surface area contributed by atoms with E-state index >= 15 is 0 Å². The lowest BCUT2D eigenvalue weighted by molar-refractivity contribution is 0.463. The lowest BCUT2D eigenvalue weighted by atomic mass is 10.1. The first-order valence-electron chi connectivity index (χ1n) is 10.1. The highest BCUT2D eigenvalue weighted by Gasteiger charge is 2.20. The van der Waals surface area contributed by atoms with Crippen molar-refractivity contribution < 1.29 is 0 Å². The zero-order valence-corrected chi connectivity index (χ0v) is 18.3. The predicted molar refractivity (Wildman–Crippen MR) is 125 cm³/mol. The molecule has 0 aliphatic carbocycles. The van der Waals surface area contributed by atoms with Gasteiger partial charge in [0.2, 0.25) is 0 Å². The smallest absolute Gasteiger partial charge is 0.191 e. The van der Waals surface area contributed by atoms with Crippen molar-refractivity contribution in [3.63, 3.8) is 0 Å². The number of thiophene rings is 1. The van der Waals surface area contributed by atoms with Gasteiger partial charge in [-0.1, -0.05) is 30.3 Å². The van der Waals surface area contributed by atoms with Crippen LogP contribution in [0, 0.1) is 0 Å². The number of aliphatic imine (C=N–C) groups is 1. The number of rotatable bonds is 6. The summed E-state index contributed by atoms with van der Waals surface area (Å²) >= 11 is 3.53. The van der Waals surface area contributed by atoms with Crippen molar-refractivity contribution in [2.75, 3.05) is 31.6 Å². The van der Waals surface area contributed by atoms with Crippen LogP contribution < -0.4 is 15.5 Å². The zero-order chi connectivity index (χ0) is 19.9. The Hall–Kier alpha value is -2.38. The summed E-state index contributed by atoms with van der Waals surface area (Å²) < 4.78 is 0. The zero-order valence-electron chi connectivity index (χ0n) is 16.7. The van der Waals surface area contributed by atoms with Gasteiger partial charge in [-0.25, -0.2) is 4.98 Å². The van der Waals surface area contributed by atoms with E-state index in [1.807, 2.05) is 24.5 Å². The molecule has 1 aliphatic heterocycles. The van der Waals surface area contributed by atoms with Crippen LogP contribution in [0.5, 0.6) is 0 Å². The Kier molecular flexibility index (Phi) is 6.79. The van der Waals surface area contributed by atoms with Crippen LogP contribution in [-0.4, -0.2) is 43.7 Å². The van der Waals surface area contributed by atoms with Gasteiger partial charge in [-0.05, 0) is 30.4 Å². The Bertz CT molecular complexity index is 896. The molecule has 4 rings (SSSR count). The van der Waals surface area contributed by atoms with Gasteiger partial charge in [-0.2, -0.15) is 0 Å². The first-order chi connectivity index (χ1) is 14.3. The summed E-state index contributed by atoms with van der Waals surface area (Å²) in [5.41, 5.74) is 2.31. The molecule has 0 saturated carbocycles. The maximum atomic E-state index is 4.77. The number of nitrogens with one attached hydrogen (secondary N) is 2. The number of benzene rings is 1. The second-order valence-electron chi connectivity index (χ2n) is 7.12. The van der Waals surface area contributed by atoms with Crippen molar-refractivity contribution in [1.29, 1.82) is 0 Å². The van der Waals surface area contributed by atoms with Gasteiger partial charge >= 0.3 is 0 Å². The summed E-state index contributed by atoms with van der Waals surface area (Å²) in [4.78, 5) is 11.6. The number of thiazole rings is 1. The summed E-state index contributed by atoms with van der Waals surface area (Å²) in [5.74, 6) is 0.887. The number of nitrogens with zero attached hydrogens (tertiary/aromatic N) is 3. The second-order valence-corrected chi connectivity index (χ2v) is 8.90. The Morgan fingerprint density at radius 1 is 1.14 bits per heavy atom. The number of hydrogen-bond donors (Lipinski definition) is 2. The molecule has 2 N–H and O–H groups in total. The molecule has 152 valence electrons. The SMILES string of the molecule is CN=C(NCCc1csc(-c2ccccc2)n1)NC1CCN(c2cccs2)CC1. The van der Waals surface area contributed by atoms with E-state index in [0.29, 0.717) is 6.04 Å². The van der Waals surface area contributed by atoms with Crippen LogP contribution in [0.15, 0.2) is 58.2 Å². The van der Waals surface area contributed by atoms with Gasteiger partial charge < -0.3 is 15.5 Å². The van der Waals surface area contributed by atoms with E-state index in [1.165, 1.54) is 10.6 Å². The molecule has 0 radical (unpaired) electrons. The minimum atomic E-state index is 0.473. The fraction of sp³-hybridized carbons (Fsp3) is 0.364. The molecule has 1 aromatic carbocycles. The summed E-state index contributed by atoms with van der Waals surface area (Å²) in [5, 5.41) is 13.8. The quantitative estimate of drug-likeness (QED) is 0.458. The number of guanidine groups is 1. The van der Waals surface area contributed by atoms with Crippen molar-refractivity contribution in [3.05, 3.63) is 58.9 Å². The third kappa shape index (κ3) is 5.36. The number of anilines is 1. The van der Waals surface area contributed by atoms with Gasteiger partial charge in [0.25, 0.3) is 0 Å². The highest BCUT2D eigenvalue weighted by Crippen LogP contribution is 2.25. The molecule has 3 heterocycles. The van der Waals surface area contributed by atoms with Crippen molar-refractivity contribution in [1.82, 2.24) is 15.6 Å². The normalized spacial score (nSPS) is 15.5. The lowest BCUT2D eigenvalue weighted by Crippen LogP contribution is -2.49. The van der Waals surface area contributed by atoms with E-state index in [0.717, 1.165) is 55.6 Å². The van der Waals surface area contributed by atoms with Crippen molar-refractivity contribution in [3.8, 4) is 10.6 Å². The molecule has 0 spiro atoms. The van der Waals surface area contributed by atoms with E-state index in [1.54, 1.807) is 11.3 Å². The Morgan fingerprint density at radius 3 is 2.69 bits per heavy atom. The summed E-state index contributed by atoms with van der Waals surface area (Å²) in [6.45, 7) is 3.01. The van der Waals surface area contributed by atoms with Crippen molar-refractivity contribution in [2.24, 2.45) is 4.99 Å². The molecule has 7 heteroatoms. The highest BCUT2D eigenvalue weighted by atomic mass is 32.1. The largest absolute Gasteiger partial charge is 0.363 e. The molecular weight excluding hydrogens is 398 g/mol. The Balaban J connectivity index is 1.21. The van der Waals surface area contributed by atoms with Gasteiger partial charge in [-0.15, -0.1) is 22.7 Å². The van der Waals surface area contributed by atoms with E-state index in [9.17, 15) is 0 Å². The molecule has 29 heavy (non-hydrogen) atoms. The predicted octanol–water partition coefficient (Wildman–Crippen LogP) is 4.25. The molecule has 0 amide bonds. The topological polar surface area (TPSA) is 52.6 Å². The van der Waals surface area contributed by atoms with E-state index in [4.69, 9.17) is 4.98 Å². The molecular formula is C22H27N5S2. The van der Waals surface area contributed by atoms with Crippen LogP contribution in [0.3, 0.4) is 0 Å². The minimum Gasteiger partial charge on any atom is -0.363 e. The minimum absolute atomic E-state index is 0.473. The Labute approximate surface area is 180 Å². The molecule has 3 aromatic rings. The third-order valence-electron chi connectivity index (χ3n) is 5.12. The van der Waals surface area contributed by atoms with E-state index < -0.39 is 0 Å². The van der Waals surface area contributed by atoms with Crippen LogP contribution in [0.4, 0.5) is 5.00 Å². The molecule has 0 atom stereocenters. The van der Waals surface area contributed by atoms with Crippen LogP contribution in [0.1, 0.15) is 18.5 Å². The van der Waals surface area contributed by atoms with Crippen LogP contribution in [-0.2, 0) is 6.42 Å². The third-order valence-corrected chi connectivity index (χ3v) is 6.99. The van der Waals surface area contributed by atoms with E-state index in [2.05, 4.69) is 67.7 Å². The first-order valence-corrected chi connectivity index (χ1v) is 11.8. The summed E-state index contributed by atoms with van der Waals surface area (Å²) in [6, 6.07) is 15.2. The highest BCUT2D eigenvalue weighted by molar-refractivity contribution is 7.14. The van der Waals surface area contributed by atoms with Crippen molar-refractivity contribution >= 4 is 33.6 Å².